The Morgan fingerprint density at radius 1 is 1.89 bits per heavy atom. The zero-order chi connectivity index (χ0) is 7.33. The van der Waals surface area contributed by atoms with E-state index in [1.807, 2.05) is 0 Å². The van der Waals surface area contributed by atoms with E-state index >= 15 is 0 Å². The van der Waals surface area contributed by atoms with Crippen molar-refractivity contribution in [2.45, 2.75) is 6.92 Å². The van der Waals surface area contributed by atoms with E-state index in [0.29, 0.717) is 0 Å². The number of halogens is 1. The summed E-state index contributed by atoms with van der Waals surface area (Å²) in [4.78, 5) is 0. The molecule has 0 spiro atoms. The summed E-state index contributed by atoms with van der Waals surface area (Å²) in [6, 6.07) is 0. The van der Waals surface area contributed by atoms with Gasteiger partial charge in [-0.25, -0.2) is 4.57 Å². The molecule has 0 radical (unpaired) electrons. The second-order valence-corrected chi connectivity index (χ2v) is 3.69. The van der Waals surface area contributed by atoms with Crippen LogP contribution < -0.4 is 0 Å². The van der Waals surface area contributed by atoms with Crippen LogP contribution in [0.3, 0.4) is 0 Å². The van der Waals surface area contributed by atoms with Crippen LogP contribution in [-0.4, -0.2) is 6.61 Å². The van der Waals surface area contributed by atoms with Crippen LogP contribution >= 0.6 is 18.2 Å². The van der Waals surface area contributed by atoms with Gasteiger partial charge in [0, 0.05) is 11.2 Å². The maximum Gasteiger partial charge on any atom is 0.476 e. The van der Waals surface area contributed by atoms with Crippen molar-refractivity contribution >= 4 is 18.2 Å². The molecule has 0 rings (SSSR count). The molecule has 0 saturated heterocycles. The van der Waals surface area contributed by atoms with Crippen LogP contribution in [0, 0.1) is 0 Å². The number of hydrogen-bond acceptors (Lipinski definition) is 3. The fourth-order valence-corrected chi connectivity index (χ4v) is 1.28. The van der Waals surface area contributed by atoms with Crippen molar-refractivity contribution in [2.75, 3.05) is 6.61 Å². The van der Waals surface area contributed by atoms with E-state index in [9.17, 15) is 4.57 Å². The van der Waals surface area contributed by atoms with Gasteiger partial charge in [0.2, 0.25) is 0 Å². The normalized spacial score (nSPS) is 16.2. The summed E-state index contributed by atoms with van der Waals surface area (Å²) in [6.45, 7) is 1.76. The van der Waals surface area contributed by atoms with Gasteiger partial charge < -0.3 is 4.52 Å². The van der Waals surface area contributed by atoms with E-state index in [4.69, 9.17) is 11.2 Å². The van der Waals surface area contributed by atoms with Gasteiger partial charge in [-0.05, 0) is 6.92 Å². The fourth-order valence-electron chi connectivity index (χ4n) is 0.274. The summed E-state index contributed by atoms with van der Waals surface area (Å²) in [5, 5.41) is 0. The van der Waals surface area contributed by atoms with Gasteiger partial charge in [-0.2, -0.15) is 0 Å². The lowest BCUT2D eigenvalue weighted by Crippen LogP contribution is -1.83. The van der Waals surface area contributed by atoms with Gasteiger partial charge in [0.1, 0.15) is 0 Å². The standard InChI is InChI=1S/C4H8ClO3P/c1-3-7-9(5,6)8-4-2/h3H,1,4H2,2H3. The molecule has 0 amide bonds. The molecule has 0 N–H and O–H groups in total. The van der Waals surface area contributed by atoms with Crippen LogP contribution in [0.25, 0.3) is 0 Å². The average molecular weight is 171 g/mol. The molecule has 0 aromatic rings. The number of rotatable bonds is 4. The van der Waals surface area contributed by atoms with Crippen LogP contribution in [0.15, 0.2) is 12.8 Å². The summed E-state index contributed by atoms with van der Waals surface area (Å²) < 4.78 is 19.5. The minimum Gasteiger partial charge on any atom is -0.422 e. The monoisotopic (exact) mass is 170 g/mol. The second-order valence-electron chi connectivity index (χ2n) is 1.12. The predicted molar refractivity (Wildman–Crippen MR) is 36.4 cm³/mol. The van der Waals surface area contributed by atoms with Crippen LogP contribution in [0.2, 0.25) is 0 Å². The Morgan fingerprint density at radius 2 is 2.44 bits per heavy atom. The summed E-state index contributed by atoms with van der Waals surface area (Å²) >= 11 is 5.18. The lowest BCUT2D eigenvalue weighted by Gasteiger charge is -2.05. The van der Waals surface area contributed by atoms with Crippen molar-refractivity contribution in [3.63, 3.8) is 0 Å². The Hall–Kier alpha value is 0.0200. The molecule has 0 aromatic carbocycles. The van der Waals surface area contributed by atoms with Crippen molar-refractivity contribution in [1.82, 2.24) is 0 Å². The van der Waals surface area contributed by atoms with Crippen LogP contribution in [0.5, 0.6) is 0 Å². The Morgan fingerprint density at radius 3 is 2.78 bits per heavy atom. The lowest BCUT2D eigenvalue weighted by molar-refractivity contribution is 0.278. The molecule has 3 nitrogen and oxygen atoms in total. The van der Waals surface area contributed by atoms with Gasteiger partial charge in [0.25, 0.3) is 0 Å². The Kier molecular flexibility index (Phi) is 3.95. The molecule has 0 saturated carbocycles. The van der Waals surface area contributed by atoms with Crippen molar-refractivity contribution in [3.05, 3.63) is 12.8 Å². The highest BCUT2D eigenvalue weighted by Crippen LogP contribution is 2.53. The van der Waals surface area contributed by atoms with Gasteiger partial charge >= 0.3 is 6.95 Å². The first-order valence-electron chi connectivity index (χ1n) is 2.36. The molecule has 0 heterocycles. The molecule has 0 aliphatic heterocycles. The van der Waals surface area contributed by atoms with Gasteiger partial charge in [0.05, 0.1) is 12.9 Å². The third-order valence-electron chi connectivity index (χ3n) is 0.484. The molecule has 0 fully saturated rings. The van der Waals surface area contributed by atoms with Gasteiger partial charge in [-0.15, -0.1) is 0 Å². The molecule has 0 bridgehead atoms. The molecular formula is C4H8ClO3P. The molecule has 1 unspecified atom stereocenters. The zero-order valence-corrected chi connectivity index (χ0v) is 6.69. The highest BCUT2D eigenvalue weighted by molar-refractivity contribution is 7.81. The predicted octanol–water partition coefficient (Wildman–Crippen LogP) is 2.53. The molecule has 5 heteroatoms. The summed E-state index contributed by atoms with van der Waals surface area (Å²) in [5.41, 5.74) is 0. The minimum atomic E-state index is -3.34. The van der Waals surface area contributed by atoms with E-state index in [2.05, 4.69) is 15.6 Å². The summed E-state index contributed by atoms with van der Waals surface area (Å²) in [6.07, 6.45) is 0.990. The Balaban J connectivity index is 3.71. The van der Waals surface area contributed by atoms with Crippen LogP contribution in [0.4, 0.5) is 0 Å². The van der Waals surface area contributed by atoms with Crippen molar-refractivity contribution in [3.8, 4) is 0 Å². The molecule has 1 atom stereocenters. The first-order valence-corrected chi connectivity index (χ1v) is 4.80. The van der Waals surface area contributed by atoms with E-state index in [1.165, 1.54) is 0 Å². The quantitative estimate of drug-likeness (QED) is 0.480. The summed E-state index contributed by atoms with van der Waals surface area (Å²) in [5.74, 6) is 0. The van der Waals surface area contributed by atoms with E-state index in [1.54, 1.807) is 6.92 Å². The molecular weight excluding hydrogens is 162 g/mol. The summed E-state index contributed by atoms with van der Waals surface area (Å²) in [7, 11) is 0. The van der Waals surface area contributed by atoms with Crippen molar-refractivity contribution in [2.24, 2.45) is 0 Å². The molecule has 9 heavy (non-hydrogen) atoms. The second kappa shape index (κ2) is 3.94. The SMILES string of the molecule is C=COP(=O)(Cl)OCC. The smallest absolute Gasteiger partial charge is 0.422 e. The Labute approximate surface area is 58.9 Å². The van der Waals surface area contributed by atoms with E-state index in [-0.39, 0.29) is 6.61 Å². The highest BCUT2D eigenvalue weighted by atomic mass is 35.7. The van der Waals surface area contributed by atoms with Crippen molar-refractivity contribution < 1.29 is 13.6 Å². The third kappa shape index (κ3) is 4.52. The van der Waals surface area contributed by atoms with E-state index in [0.717, 1.165) is 6.26 Å². The maximum atomic E-state index is 10.7. The Bertz CT molecular complexity index is 136. The highest BCUT2D eigenvalue weighted by Gasteiger charge is 2.18. The fraction of sp³-hybridized carbons (Fsp3) is 0.500. The lowest BCUT2D eigenvalue weighted by atomic mass is 10.9. The van der Waals surface area contributed by atoms with Crippen molar-refractivity contribution in [1.29, 1.82) is 0 Å². The minimum absolute atomic E-state index is 0.259. The first-order chi connectivity index (χ1) is 4.12. The van der Waals surface area contributed by atoms with Gasteiger partial charge in [0.15, 0.2) is 0 Å². The van der Waals surface area contributed by atoms with Crippen LogP contribution in [-0.2, 0) is 13.6 Å². The largest absolute Gasteiger partial charge is 0.476 e. The van der Waals surface area contributed by atoms with E-state index < -0.39 is 6.95 Å². The molecule has 0 aliphatic carbocycles. The van der Waals surface area contributed by atoms with Gasteiger partial charge in [-0.1, -0.05) is 6.58 Å². The molecule has 0 aromatic heterocycles. The van der Waals surface area contributed by atoms with Gasteiger partial charge in [-0.3, -0.25) is 4.52 Å². The zero-order valence-electron chi connectivity index (χ0n) is 5.04. The van der Waals surface area contributed by atoms with Crippen LogP contribution in [0.1, 0.15) is 6.92 Å². The molecule has 54 valence electrons. The molecule has 0 aliphatic rings. The average Bonchev–Trinajstić information content (AvgIpc) is 1.64. The first kappa shape index (κ1) is 9.02. The topological polar surface area (TPSA) is 35.5 Å². The number of hydrogen-bond donors (Lipinski definition) is 0. The third-order valence-corrected chi connectivity index (χ3v) is 1.98. The maximum absolute atomic E-state index is 10.7.